The molecule has 6 nitrogen and oxygen atoms in total. The van der Waals surface area contributed by atoms with Crippen molar-refractivity contribution >= 4 is 32.2 Å². The average molecular weight is 304 g/mol. The predicted octanol–water partition coefficient (Wildman–Crippen LogP) is 0.659. The molecule has 0 aliphatic carbocycles. The van der Waals surface area contributed by atoms with Crippen molar-refractivity contribution < 1.29 is 8.42 Å². The molecule has 1 aromatic heterocycles. The van der Waals surface area contributed by atoms with Gasteiger partial charge in [-0.15, -0.1) is 0 Å². The maximum atomic E-state index is 11.8. The maximum absolute atomic E-state index is 11.8. The highest BCUT2D eigenvalue weighted by molar-refractivity contribution is 7.91. The second kappa shape index (κ2) is 5.26. The van der Waals surface area contributed by atoms with Crippen molar-refractivity contribution in [2.75, 3.05) is 44.1 Å². The number of nitrogens with zero attached hydrogens (tertiary/aromatic N) is 3. The monoisotopic (exact) mass is 304 g/mol. The molecule has 1 aliphatic rings. The zero-order chi connectivity index (χ0) is 14.2. The van der Waals surface area contributed by atoms with Gasteiger partial charge in [-0.3, -0.25) is 0 Å². The van der Waals surface area contributed by atoms with Gasteiger partial charge in [0.15, 0.2) is 15.7 Å². The van der Waals surface area contributed by atoms with Crippen LogP contribution in [0.3, 0.4) is 0 Å². The zero-order valence-electron chi connectivity index (χ0n) is 11.5. The van der Waals surface area contributed by atoms with Crippen LogP contribution in [0.5, 0.6) is 0 Å². The number of nitrogen functional groups attached to an aromatic ring is 1. The summed E-state index contributed by atoms with van der Waals surface area (Å²) >= 11 is 1.18. The molecule has 0 bridgehead atoms. The van der Waals surface area contributed by atoms with Gasteiger partial charge in [-0.25, -0.2) is 8.42 Å². The lowest BCUT2D eigenvalue weighted by Crippen LogP contribution is -2.42. The Morgan fingerprint density at radius 3 is 2.42 bits per heavy atom. The summed E-state index contributed by atoms with van der Waals surface area (Å²) in [6.45, 7) is 1.68. The first-order valence-electron chi connectivity index (χ1n) is 6.17. The molecule has 0 aromatic carbocycles. The first kappa shape index (κ1) is 14.5. The van der Waals surface area contributed by atoms with Gasteiger partial charge in [0, 0.05) is 25.4 Å². The number of rotatable bonds is 3. The van der Waals surface area contributed by atoms with Crippen LogP contribution >= 0.6 is 11.5 Å². The van der Waals surface area contributed by atoms with Crippen molar-refractivity contribution in [2.24, 2.45) is 0 Å². The average Bonchev–Trinajstić information content (AvgIpc) is 2.71. The highest BCUT2D eigenvalue weighted by atomic mass is 32.2. The second-order valence-electron chi connectivity index (χ2n) is 5.16. The molecule has 0 unspecified atom stereocenters. The summed E-state index contributed by atoms with van der Waals surface area (Å²) in [7, 11) is 0.823. The summed E-state index contributed by atoms with van der Waals surface area (Å²) in [5, 5.41) is 0.692. The van der Waals surface area contributed by atoms with Crippen molar-refractivity contribution in [3.05, 3.63) is 0 Å². The maximum Gasteiger partial charge on any atom is 0.182 e. The van der Waals surface area contributed by atoms with Crippen molar-refractivity contribution in [3.63, 3.8) is 0 Å². The van der Waals surface area contributed by atoms with Crippen LogP contribution in [-0.4, -0.2) is 57.2 Å². The fourth-order valence-electron chi connectivity index (χ4n) is 2.42. The second-order valence-corrected chi connectivity index (χ2v) is 7.86. The molecule has 0 radical (unpaired) electrons. The topological polar surface area (TPSA) is 79.5 Å². The Morgan fingerprint density at radius 1 is 1.37 bits per heavy atom. The Kier molecular flexibility index (Phi) is 4.03. The van der Waals surface area contributed by atoms with Gasteiger partial charge in [0.05, 0.1) is 0 Å². The molecular formula is C11H20N4O2S2. The van der Waals surface area contributed by atoms with E-state index in [1.165, 1.54) is 17.8 Å². The molecule has 1 aromatic rings. The lowest BCUT2D eigenvalue weighted by Gasteiger charge is -2.35. The van der Waals surface area contributed by atoms with Crippen molar-refractivity contribution in [1.82, 2.24) is 9.27 Å². The lowest BCUT2D eigenvalue weighted by atomic mass is 10.0. The van der Waals surface area contributed by atoms with Gasteiger partial charge in [-0.1, -0.05) is 0 Å². The van der Waals surface area contributed by atoms with Crippen LogP contribution in [0.1, 0.15) is 12.8 Å². The van der Waals surface area contributed by atoms with E-state index >= 15 is 0 Å². The number of nitrogens with two attached hydrogens (primary N) is 1. The molecule has 2 N–H and O–H groups in total. The zero-order valence-corrected chi connectivity index (χ0v) is 13.1. The van der Waals surface area contributed by atoms with Crippen LogP contribution in [0.4, 0.5) is 10.8 Å². The number of sulfone groups is 1. The lowest BCUT2D eigenvalue weighted by molar-refractivity contribution is 0.250. The standard InChI is InChI=1S/C11H20N4O2S2/c1-14(2)8-4-6-15(7-5-8)11-9(19(3,16)17)10(12)13-18-11/h8H,4-7H2,1-3H3,(H2,12,13). The Labute approximate surface area is 118 Å². The van der Waals surface area contributed by atoms with E-state index in [0.29, 0.717) is 11.0 Å². The van der Waals surface area contributed by atoms with Gasteiger partial charge in [-0.2, -0.15) is 4.37 Å². The first-order valence-corrected chi connectivity index (χ1v) is 8.83. The van der Waals surface area contributed by atoms with E-state index in [0.717, 1.165) is 25.9 Å². The molecule has 0 atom stereocenters. The fourth-order valence-corrected chi connectivity index (χ4v) is 4.68. The Balaban J connectivity index is 2.21. The number of aromatic nitrogens is 1. The molecule has 19 heavy (non-hydrogen) atoms. The predicted molar refractivity (Wildman–Crippen MR) is 78.6 cm³/mol. The first-order chi connectivity index (χ1) is 8.80. The van der Waals surface area contributed by atoms with Crippen molar-refractivity contribution in [3.8, 4) is 0 Å². The van der Waals surface area contributed by atoms with E-state index in [9.17, 15) is 8.42 Å². The summed E-state index contributed by atoms with van der Waals surface area (Å²) in [6, 6.07) is 0.559. The van der Waals surface area contributed by atoms with Crippen LogP contribution in [0.2, 0.25) is 0 Å². The minimum Gasteiger partial charge on any atom is -0.382 e. The highest BCUT2D eigenvalue weighted by Crippen LogP contribution is 2.36. The molecule has 8 heteroatoms. The third kappa shape index (κ3) is 3.01. The van der Waals surface area contributed by atoms with Gasteiger partial charge in [0.25, 0.3) is 0 Å². The van der Waals surface area contributed by atoms with Gasteiger partial charge in [-0.05, 0) is 38.5 Å². The van der Waals surface area contributed by atoms with Gasteiger partial charge >= 0.3 is 0 Å². The molecule has 1 fully saturated rings. The molecular weight excluding hydrogens is 284 g/mol. The smallest absolute Gasteiger partial charge is 0.182 e. The number of hydrogen-bond acceptors (Lipinski definition) is 7. The molecule has 0 saturated carbocycles. The molecule has 108 valence electrons. The Hall–Kier alpha value is -0.860. The van der Waals surface area contributed by atoms with Crippen molar-refractivity contribution in [1.29, 1.82) is 0 Å². The third-order valence-corrected chi connectivity index (χ3v) is 5.71. The molecule has 1 saturated heterocycles. The molecule has 0 spiro atoms. The largest absolute Gasteiger partial charge is 0.382 e. The van der Waals surface area contributed by atoms with Crippen LogP contribution < -0.4 is 10.6 Å². The summed E-state index contributed by atoms with van der Waals surface area (Å²) in [4.78, 5) is 4.50. The van der Waals surface area contributed by atoms with Crippen LogP contribution in [0, 0.1) is 0 Å². The van der Waals surface area contributed by atoms with Gasteiger partial charge < -0.3 is 15.5 Å². The quantitative estimate of drug-likeness (QED) is 0.883. The SMILES string of the molecule is CN(C)C1CCN(c2snc(N)c2S(C)(=O)=O)CC1. The van der Waals surface area contributed by atoms with Crippen LogP contribution in [0.15, 0.2) is 4.90 Å². The van der Waals surface area contributed by atoms with Crippen molar-refractivity contribution in [2.45, 2.75) is 23.8 Å². The summed E-state index contributed by atoms with van der Waals surface area (Å²) in [5.41, 5.74) is 5.69. The van der Waals surface area contributed by atoms with Gasteiger partial charge in [0.1, 0.15) is 9.90 Å². The van der Waals surface area contributed by atoms with Crippen LogP contribution in [0.25, 0.3) is 0 Å². The number of anilines is 2. The van der Waals surface area contributed by atoms with E-state index in [2.05, 4.69) is 28.3 Å². The molecule has 2 rings (SSSR count). The normalized spacial score (nSPS) is 18.2. The number of hydrogen-bond donors (Lipinski definition) is 1. The minimum absolute atomic E-state index is 0.122. The fraction of sp³-hybridized carbons (Fsp3) is 0.727. The molecule has 2 heterocycles. The Morgan fingerprint density at radius 2 is 1.95 bits per heavy atom. The summed E-state index contributed by atoms with van der Waals surface area (Å²) < 4.78 is 27.6. The van der Waals surface area contributed by atoms with E-state index in [1.807, 2.05) is 0 Å². The van der Waals surface area contributed by atoms with E-state index in [-0.39, 0.29) is 10.7 Å². The third-order valence-electron chi connectivity index (χ3n) is 3.51. The number of piperidine rings is 1. The van der Waals surface area contributed by atoms with E-state index in [1.54, 1.807) is 0 Å². The van der Waals surface area contributed by atoms with Crippen LogP contribution in [-0.2, 0) is 9.84 Å². The van der Waals surface area contributed by atoms with E-state index < -0.39 is 9.84 Å². The Bertz CT molecular complexity index is 545. The molecule has 0 amide bonds. The summed E-state index contributed by atoms with van der Waals surface area (Å²) in [6.07, 6.45) is 3.23. The highest BCUT2D eigenvalue weighted by Gasteiger charge is 2.28. The minimum atomic E-state index is -3.33. The summed E-state index contributed by atoms with van der Waals surface area (Å²) in [5.74, 6) is 0.122. The molecule has 1 aliphatic heterocycles. The van der Waals surface area contributed by atoms with E-state index in [4.69, 9.17) is 5.73 Å². The van der Waals surface area contributed by atoms with Gasteiger partial charge in [0.2, 0.25) is 0 Å².